The van der Waals surface area contributed by atoms with Crippen LogP contribution in [0.25, 0.3) is 0 Å². The Kier molecular flexibility index (Phi) is 7.87. The number of hydrogen-bond donors (Lipinski definition) is 0. The second-order valence-corrected chi connectivity index (χ2v) is 8.53. The number of methoxy groups -OCH3 is 2. The first kappa shape index (κ1) is 21.6. The molecule has 1 aliphatic heterocycles. The summed E-state index contributed by atoms with van der Waals surface area (Å²) in [6.07, 6.45) is 6.11. The van der Waals surface area contributed by atoms with Crippen molar-refractivity contribution in [2.45, 2.75) is 44.4 Å². The first-order valence-corrected chi connectivity index (χ1v) is 11.5. The number of unbranched alkanes of at least 4 members (excludes halogenated alkanes) is 3. The van der Waals surface area contributed by atoms with E-state index in [1.165, 1.54) is 31.2 Å². The Morgan fingerprint density at radius 3 is 2.55 bits per heavy atom. The fraction of sp³-hybridized carbons (Fsp3) is 0.458. The minimum Gasteiger partial charge on any atom is -0.497 e. The van der Waals surface area contributed by atoms with Gasteiger partial charge in [0.1, 0.15) is 16.9 Å². The molecule has 0 N–H and O–H groups in total. The van der Waals surface area contributed by atoms with Gasteiger partial charge in [0.25, 0.3) is 5.91 Å². The van der Waals surface area contributed by atoms with Gasteiger partial charge < -0.3 is 14.4 Å². The molecule has 1 heterocycles. The van der Waals surface area contributed by atoms with Gasteiger partial charge in [0, 0.05) is 29.5 Å². The van der Waals surface area contributed by atoms with Gasteiger partial charge in [-0.1, -0.05) is 38.3 Å². The molecule has 1 atom stereocenters. The summed E-state index contributed by atoms with van der Waals surface area (Å²) in [6, 6.07) is 14.0. The Morgan fingerprint density at radius 2 is 1.86 bits per heavy atom. The number of carbonyl (C=O) groups excluding carboxylic acids is 1. The third-order valence-corrected chi connectivity index (χ3v) is 6.62. The number of benzene rings is 2. The number of thioether (sulfide) groups is 1. The molecule has 0 radical (unpaired) electrons. The minimum atomic E-state index is -0.0444. The van der Waals surface area contributed by atoms with E-state index in [0.29, 0.717) is 0 Å². The van der Waals surface area contributed by atoms with Crippen molar-refractivity contribution < 1.29 is 14.3 Å². The third-order valence-electron chi connectivity index (χ3n) is 5.38. The molecule has 1 fully saturated rings. The highest BCUT2D eigenvalue weighted by Crippen LogP contribution is 2.43. The minimum absolute atomic E-state index is 0.0444. The molecule has 1 unspecified atom stereocenters. The zero-order chi connectivity index (χ0) is 20.6. The molecule has 2 aromatic rings. The third kappa shape index (κ3) is 5.27. The highest BCUT2D eigenvalue weighted by atomic mass is 32.2. The van der Waals surface area contributed by atoms with E-state index < -0.39 is 0 Å². The van der Waals surface area contributed by atoms with Gasteiger partial charge in [-0.2, -0.15) is 0 Å². The number of ether oxygens (including phenoxy) is 2. The lowest BCUT2D eigenvalue weighted by Crippen LogP contribution is -2.30. The Hall–Kier alpha value is -2.14. The van der Waals surface area contributed by atoms with Gasteiger partial charge >= 0.3 is 0 Å². The largest absolute Gasteiger partial charge is 0.497 e. The normalized spacial score (nSPS) is 16.1. The Labute approximate surface area is 178 Å². The van der Waals surface area contributed by atoms with Crippen LogP contribution in [0.2, 0.25) is 0 Å². The van der Waals surface area contributed by atoms with Crippen molar-refractivity contribution >= 4 is 17.7 Å². The van der Waals surface area contributed by atoms with Crippen LogP contribution in [-0.2, 0) is 6.42 Å². The number of rotatable bonds is 9. The number of amides is 1. The highest BCUT2D eigenvalue weighted by molar-refractivity contribution is 7.99. The molecule has 4 nitrogen and oxygen atoms in total. The van der Waals surface area contributed by atoms with E-state index in [-0.39, 0.29) is 11.3 Å². The fourth-order valence-corrected chi connectivity index (χ4v) is 4.97. The Morgan fingerprint density at radius 1 is 1.07 bits per heavy atom. The second-order valence-electron chi connectivity index (χ2n) is 7.34. The second kappa shape index (κ2) is 10.6. The average Bonchev–Trinajstić information content (AvgIpc) is 3.25. The molecule has 3 rings (SSSR count). The summed E-state index contributed by atoms with van der Waals surface area (Å²) >= 11 is 1.77. The molecule has 0 spiro atoms. The summed E-state index contributed by atoms with van der Waals surface area (Å²) in [4.78, 5) is 15.2. The summed E-state index contributed by atoms with van der Waals surface area (Å²) in [5.41, 5.74) is 3.07. The number of aryl methyl sites for hydroxylation is 1. The van der Waals surface area contributed by atoms with E-state index in [1.807, 2.05) is 35.2 Å². The molecule has 0 saturated carbocycles. The summed E-state index contributed by atoms with van der Waals surface area (Å²) in [5, 5.41) is -0.0444. The molecule has 0 aliphatic carbocycles. The van der Waals surface area contributed by atoms with Gasteiger partial charge in [0.2, 0.25) is 0 Å². The summed E-state index contributed by atoms with van der Waals surface area (Å²) < 4.78 is 10.9. The van der Waals surface area contributed by atoms with Crippen LogP contribution in [0.15, 0.2) is 42.5 Å². The molecule has 0 bridgehead atoms. The van der Waals surface area contributed by atoms with Crippen molar-refractivity contribution in [3.05, 3.63) is 59.2 Å². The summed E-state index contributed by atoms with van der Waals surface area (Å²) in [6.45, 7) is 2.97. The lowest BCUT2D eigenvalue weighted by molar-refractivity contribution is 0.0759. The van der Waals surface area contributed by atoms with Crippen molar-refractivity contribution in [1.82, 2.24) is 4.90 Å². The predicted molar refractivity (Wildman–Crippen MR) is 120 cm³/mol. The smallest absolute Gasteiger partial charge is 0.255 e. The van der Waals surface area contributed by atoms with Crippen LogP contribution in [0.3, 0.4) is 0 Å². The number of carbonyl (C=O) groups is 1. The zero-order valence-corrected chi connectivity index (χ0v) is 18.5. The molecule has 156 valence electrons. The van der Waals surface area contributed by atoms with E-state index in [4.69, 9.17) is 9.47 Å². The Bertz CT molecular complexity index is 806. The van der Waals surface area contributed by atoms with E-state index in [0.717, 1.165) is 41.3 Å². The number of hydrogen-bond acceptors (Lipinski definition) is 4. The van der Waals surface area contributed by atoms with Gasteiger partial charge in [0.05, 0.1) is 14.2 Å². The van der Waals surface area contributed by atoms with Crippen molar-refractivity contribution in [1.29, 1.82) is 0 Å². The van der Waals surface area contributed by atoms with E-state index in [9.17, 15) is 4.79 Å². The van der Waals surface area contributed by atoms with Crippen LogP contribution < -0.4 is 9.47 Å². The van der Waals surface area contributed by atoms with Gasteiger partial charge in [0.15, 0.2) is 0 Å². The fourth-order valence-electron chi connectivity index (χ4n) is 3.69. The van der Waals surface area contributed by atoms with Crippen molar-refractivity contribution in [2.24, 2.45) is 0 Å². The summed E-state index contributed by atoms with van der Waals surface area (Å²) in [7, 11) is 3.30. The van der Waals surface area contributed by atoms with Gasteiger partial charge in [-0.3, -0.25) is 4.79 Å². The molecule has 0 aromatic heterocycles. The molecule has 1 amide bonds. The van der Waals surface area contributed by atoms with Gasteiger partial charge in [-0.15, -0.1) is 11.8 Å². The van der Waals surface area contributed by atoms with Crippen molar-refractivity contribution in [2.75, 3.05) is 26.5 Å². The van der Waals surface area contributed by atoms with Crippen LogP contribution >= 0.6 is 11.8 Å². The first-order chi connectivity index (χ1) is 14.2. The van der Waals surface area contributed by atoms with E-state index >= 15 is 0 Å². The SMILES string of the molecule is CCCCCCc1ccc(C(=O)N2CCSC2c2ccc(OC)cc2OC)cc1. The monoisotopic (exact) mass is 413 g/mol. The molecule has 1 saturated heterocycles. The molecule has 5 heteroatoms. The van der Waals surface area contributed by atoms with Crippen LogP contribution in [0.5, 0.6) is 11.5 Å². The standard InChI is InChI=1S/C24H31NO3S/c1-4-5-6-7-8-18-9-11-19(12-10-18)23(26)25-15-16-29-24(25)21-14-13-20(27-2)17-22(21)28-3/h9-14,17,24H,4-8,15-16H2,1-3H3. The van der Waals surface area contributed by atoms with Crippen LogP contribution in [0, 0.1) is 0 Å². The molecular formula is C24H31NO3S. The highest BCUT2D eigenvalue weighted by Gasteiger charge is 2.33. The lowest BCUT2D eigenvalue weighted by atomic mass is 10.0. The van der Waals surface area contributed by atoms with Crippen molar-refractivity contribution in [3.8, 4) is 11.5 Å². The number of nitrogens with zero attached hydrogens (tertiary/aromatic N) is 1. The Balaban J connectivity index is 1.72. The summed E-state index contributed by atoms with van der Waals surface area (Å²) in [5.74, 6) is 2.50. The van der Waals surface area contributed by atoms with Crippen molar-refractivity contribution in [3.63, 3.8) is 0 Å². The maximum atomic E-state index is 13.2. The predicted octanol–water partition coefficient (Wildman–Crippen LogP) is 5.71. The quantitative estimate of drug-likeness (QED) is 0.493. The topological polar surface area (TPSA) is 38.8 Å². The van der Waals surface area contributed by atoms with Crippen LogP contribution in [0.4, 0.5) is 0 Å². The van der Waals surface area contributed by atoms with Gasteiger partial charge in [-0.05, 0) is 42.7 Å². The van der Waals surface area contributed by atoms with E-state index in [1.54, 1.807) is 26.0 Å². The maximum absolute atomic E-state index is 13.2. The molecule has 29 heavy (non-hydrogen) atoms. The van der Waals surface area contributed by atoms with Crippen LogP contribution in [0.1, 0.15) is 59.5 Å². The maximum Gasteiger partial charge on any atom is 0.255 e. The molecular weight excluding hydrogens is 382 g/mol. The van der Waals surface area contributed by atoms with Gasteiger partial charge in [-0.25, -0.2) is 0 Å². The molecule has 2 aromatic carbocycles. The van der Waals surface area contributed by atoms with E-state index in [2.05, 4.69) is 19.1 Å². The van der Waals surface area contributed by atoms with Crippen LogP contribution in [-0.4, -0.2) is 37.3 Å². The molecule has 1 aliphatic rings. The average molecular weight is 414 g/mol. The lowest BCUT2D eigenvalue weighted by Gasteiger charge is -2.26. The zero-order valence-electron chi connectivity index (χ0n) is 17.6. The first-order valence-electron chi connectivity index (χ1n) is 10.4.